The van der Waals surface area contributed by atoms with Gasteiger partial charge in [-0.3, -0.25) is 0 Å². The van der Waals surface area contributed by atoms with Crippen LogP contribution in [-0.2, 0) is 27.4 Å². The van der Waals surface area contributed by atoms with Gasteiger partial charge >= 0.3 is 0 Å². The lowest BCUT2D eigenvalue weighted by Gasteiger charge is -2.36. The molecule has 0 unspecified atom stereocenters. The molecule has 0 aliphatic carbocycles. The van der Waals surface area contributed by atoms with Gasteiger partial charge in [0.05, 0.1) is 31.5 Å². The van der Waals surface area contributed by atoms with Gasteiger partial charge < -0.3 is 14.2 Å². The summed E-state index contributed by atoms with van der Waals surface area (Å²) in [4.78, 5) is 2.59. The number of thioether (sulfide) groups is 1. The van der Waals surface area contributed by atoms with Crippen LogP contribution in [0.25, 0.3) is 0 Å². The van der Waals surface area contributed by atoms with E-state index in [1.54, 1.807) is 0 Å². The van der Waals surface area contributed by atoms with E-state index in [2.05, 4.69) is 85.8 Å². The maximum atomic E-state index is 6.48. The van der Waals surface area contributed by atoms with Gasteiger partial charge in [0, 0.05) is 17.7 Å². The van der Waals surface area contributed by atoms with Crippen LogP contribution in [0.2, 0.25) is 0 Å². The molecule has 0 aromatic heterocycles. The highest BCUT2D eigenvalue weighted by atomic mass is 32.2. The largest absolute Gasteiger partial charge is 0.371 e. The average molecular weight is 459 g/mol. The molecule has 3 aromatic carbocycles. The van der Waals surface area contributed by atoms with Crippen molar-refractivity contribution in [1.29, 1.82) is 0 Å². The fourth-order valence-corrected chi connectivity index (χ4v) is 5.68. The van der Waals surface area contributed by atoms with Crippen molar-refractivity contribution in [2.24, 2.45) is 0 Å². The molecule has 3 nitrogen and oxygen atoms in total. The fourth-order valence-electron chi connectivity index (χ4n) is 4.69. The first-order valence-corrected chi connectivity index (χ1v) is 12.5. The summed E-state index contributed by atoms with van der Waals surface area (Å²) in [5, 5.41) is 0. The Morgan fingerprint density at radius 3 is 2.03 bits per heavy atom. The first-order chi connectivity index (χ1) is 16.3. The van der Waals surface area contributed by atoms with E-state index in [0.717, 1.165) is 12.8 Å². The van der Waals surface area contributed by atoms with Crippen molar-refractivity contribution in [3.8, 4) is 0 Å². The van der Waals surface area contributed by atoms with Crippen LogP contribution in [0.15, 0.2) is 106 Å². The normalized spacial score (nSPS) is 25.7. The minimum absolute atomic E-state index is 0.00435. The van der Waals surface area contributed by atoms with Crippen molar-refractivity contribution in [2.75, 3.05) is 0 Å². The predicted molar refractivity (Wildman–Crippen MR) is 133 cm³/mol. The molecule has 2 fully saturated rings. The van der Waals surface area contributed by atoms with E-state index >= 15 is 0 Å². The third kappa shape index (κ3) is 5.59. The highest BCUT2D eigenvalue weighted by Crippen LogP contribution is 2.44. The highest BCUT2D eigenvalue weighted by Gasteiger charge is 2.47. The lowest BCUT2D eigenvalue weighted by molar-refractivity contribution is -0.182. The summed E-state index contributed by atoms with van der Waals surface area (Å²) < 4.78 is 19.4. The maximum absolute atomic E-state index is 6.48. The molecule has 33 heavy (non-hydrogen) atoms. The van der Waals surface area contributed by atoms with Crippen molar-refractivity contribution >= 4 is 11.8 Å². The van der Waals surface area contributed by atoms with Gasteiger partial charge in [-0.05, 0) is 40.7 Å². The van der Waals surface area contributed by atoms with E-state index in [4.69, 9.17) is 14.2 Å². The van der Waals surface area contributed by atoms with Gasteiger partial charge in [-0.25, -0.2) is 0 Å². The molecule has 0 N–H and O–H groups in total. The Kier molecular flexibility index (Phi) is 7.27. The fraction of sp³-hybridized carbons (Fsp3) is 0.310. The molecule has 2 heterocycles. The second-order valence-electron chi connectivity index (χ2n) is 8.70. The number of ether oxygens (including phenoxy) is 3. The summed E-state index contributed by atoms with van der Waals surface area (Å²) in [6, 6.07) is 31.3. The Morgan fingerprint density at radius 1 is 0.818 bits per heavy atom. The molecule has 4 atom stereocenters. The lowest BCUT2D eigenvalue weighted by atomic mass is 10.0. The van der Waals surface area contributed by atoms with Gasteiger partial charge in [0.15, 0.2) is 0 Å². The molecular formula is C29H30O3S. The highest BCUT2D eigenvalue weighted by molar-refractivity contribution is 8.03. The topological polar surface area (TPSA) is 27.7 Å². The second-order valence-corrected chi connectivity index (χ2v) is 9.98. The van der Waals surface area contributed by atoms with E-state index in [0.29, 0.717) is 13.2 Å². The van der Waals surface area contributed by atoms with E-state index in [1.807, 2.05) is 23.9 Å². The van der Waals surface area contributed by atoms with Gasteiger partial charge in [-0.15, -0.1) is 0 Å². The smallest absolute Gasteiger partial charge is 0.111 e. The number of hydrogen-bond donors (Lipinski definition) is 0. The quantitative estimate of drug-likeness (QED) is 0.348. The van der Waals surface area contributed by atoms with Crippen molar-refractivity contribution < 1.29 is 14.2 Å². The Morgan fingerprint density at radius 2 is 1.39 bits per heavy atom. The zero-order valence-electron chi connectivity index (χ0n) is 18.9. The Balaban J connectivity index is 1.33. The van der Waals surface area contributed by atoms with E-state index in [-0.39, 0.29) is 24.4 Å². The molecule has 0 radical (unpaired) electrons. The van der Waals surface area contributed by atoms with Crippen LogP contribution in [0.3, 0.4) is 0 Å². The maximum Gasteiger partial charge on any atom is 0.111 e. The van der Waals surface area contributed by atoms with Gasteiger partial charge in [0.1, 0.15) is 6.10 Å². The minimum Gasteiger partial charge on any atom is -0.371 e. The monoisotopic (exact) mass is 458 g/mol. The van der Waals surface area contributed by atoms with Crippen LogP contribution in [0.1, 0.15) is 30.9 Å². The summed E-state index contributed by atoms with van der Waals surface area (Å²) in [6.07, 6.45) is 1.77. The summed E-state index contributed by atoms with van der Waals surface area (Å²) in [6.45, 7) is 3.38. The molecular weight excluding hydrogens is 428 g/mol. The van der Waals surface area contributed by atoms with Crippen LogP contribution in [-0.4, -0.2) is 24.4 Å². The first-order valence-electron chi connectivity index (χ1n) is 11.7. The first kappa shape index (κ1) is 22.4. The average Bonchev–Trinajstić information content (AvgIpc) is 3.22. The number of benzene rings is 3. The number of allylic oxidation sites excluding steroid dienone is 1. The Bertz CT molecular complexity index is 1050. The molecule has 2 aliphatic heterocycles. The van der Waals surface area contributed by atoms with Crippen molar-refractivity contribution in [2.45, 2.75) is 62.3 Å². The standard InChI is InChI=1S/C29H30O3S/c1-21(33-24-15-9-4-10-16-24)25-17-28-29(31-20-23-13-7-3-8-14-23)27(18-26(25)32-28)30-19-22-11-5-2-6-12-22/h2-16,26-29H,17-20H2,1H3/b25-21-/t26-,27+,28-,29+/m0/s1. The minimum atomic E-state index is -0.0859. The molecule has 2 bridgehead atoms. The summed E-state index contributed by atoms with van der Waals surface area (Å²) >= 11 is 1.83. The number of hydrogen-bond acceptors (Lipinski definition) is 4. The molecule has 0 amide bonds. The van der Waals surface area contributed by atoms with Gasteiger partial charge in [0.25, 0.3) is 0 Å². The zero-order valence-corrected chi connectivity index (χ0v) is 19.7. The van der Waals surface area contributed by atoms with E-state index in [1.165, 1.54) is 26.5 Å². The van der Waals surface area contributed by atoms with Gasteiger partial charge in [-0.2, -0.15) is 0 Å². The molecule has 170 valence electrons. The SMILES string of the molecule is C/C(Sc1ccccc1)=C1\C[C@@H]2O[C@H]1C[C@@H](OCc1ccccc1)[C@H]2OCc1ccccc1. The molecule has 5 rings (SSSR count). The van der Waals surface area contributed by atoms with Crippen LogP contribution >= 0.6 is 11.8 Å². The third-order valence-corrected chi connectivity index (χ3v) is 7.46. The van der Waals surface area contributed by atoms with Crippen LogP contribution in [0.5, 0.6) is 0 Å². The number of fused-ring (bicyclic) bond motifs is 2. The van der Waals surface area contributed by atoms with E-state index < -0.39 is 0 Å². The summed E-state index contributed by atoms with van der Waals surface area (Å²) in [5.41, 5.74) is 3.75. The lowest BCUT2D eigenvalue weighted by Crippen LogP contribution is -2.46. The van der Waals surface area contributed by atoms with Crippen LogP contribution in [0.4, 0.5) is 0 Å². The molecule has 2 saturated heterocycles. The second kappa shape index (κ2) is 10.7. The molecule has 0 saturated carbocycles. The van der Waals surface area contributed by atoms with Gasteiger partial charge in [-0.1, -0.05) is 90.6 Å². The van der Waals surface area contributed by atoms with Crippen molar-refractivity contribution in [1.82, 2.24) is 0 Å². The molecule has 0 spiro atoms. The molecule has 4 heteroatoms. The number of rotatable bonds is 8. The van der Waals surface area contributed by atoms with Crippen molar-refractivity contribution in [3.63, 3.8) is 0 Å². The predicted octanol–water partition coefficient (Wildman–Crippen LogP) is 6.78. The van der Waals surface area contributed by atoms with E-state index in [9.17, 15) is 0 Å². The van der Waals surface area contributed by atoms with Crippen LogP contribution < -0.4 is 0 Å². The summed E-state index contributed by atoms with van der Waals surface area (Å²) in [7, 11) is 0. The Labute approximate surface area is 200 Å². The zero-order chi connectivity index (χ0) is 22.5. The van der Waals surface area contributed by atoms with Crippen molar-refractivity contribution in [3.05, 3.63) is 113 Å². The molecule has 2 aliphatic rings. The molecule has 3 aromatic rings. The Hall–Kier alpha value is -2.37. The summed E-state index contributed by atoms with van der Waals surface area (Å²) in [5.74, 6) is 0. The third-order valence-electron chi connectivity index (χ3n) is 6.39. The van der Waals surface area contributed by atoms with Crippen LogP contribution in [0, 0.1) is 0 Å². The van der Waals surface area contributed by atoms with Gasteiger partial charge in [0.2, 0.25) is 0 Å².